The first-order valence-electron chi connectivity index (χ1n) is 8.30. The molecule has 1 aromatic carbocycles. The van der Waals surface area contributed by atoms with Crippen LogP contribution in [0.25, 0.3) is 0 Å². The summed E-state index contributed by atoms with van der Waals surface area (Å²) in [6, 6.07) is 11.4. The van der Waals surface area contributed by atoms with Crippen LogP contribution in [-0.4, -0.2) is 23.9 Å². The largest absolute Gasteiger partial charge is 0.485 e. The predicted molar refractivity (Wildman–Crippen MR) is 88.6 cm³/mol. The van der Waals surface area contributed by atoms with E-state index in [0.29, 0.717) is 18.1 Å². The van der Waals surface area contributed by atoms with Gasteiger partial charge in [-0.3, -0.25) is 4.79 Å². The zero-order valence-corrected chi connectivity index (χ0v) is 13.6. The summed E-state index contributed by atoms with van der Waals surface area (Å²) in [5.41, 5.74) is 1.08. The Kier molecular flexibility index (Phi) is 5.01. The van der Waals surface area contributed by atoms with Crippen molar-refractivity contribution in [2.45, 2.75) is 39.2 Å². The van der Waals surface area contributed by atoms with Crippen LogP contribution >= 0.6 is 0 Å². The van der Waals surface area contributed by atoms with Gasteiger partial charge in [0.1, 0.15) is 18.1 Å². The molecule has 0 N–H and O–H groups in total. The quantitative estimate of drug-likeness (QED) is 0.850. The van der Waals surface area contributed by atoms with E-state index in [4.69, 9.17) is 9.15 Å². The second-order valence-electron chi connectivity index (χ2n) is 6.03. The first kappa shape index (κ1) is 15.7. The van der Waals surface area contributed by atoms with Gasteiger partial charge in [0.25, 0.3) is 5.91 Å². The first-order valence-corrected chi connectivity index (χ1v) is 8.30. The summed E-state index contributed by atoms with van der Waals surface area (Å²) in [7, 11) is 0. The summed E-state index contributed by atoms with van der Waals surface area (Å²) < 4.78 is 11.4. The van der Waals surface area contributed by atoms with Crippen LogP contribution in [0.2, 0.25) is 0 Å². The van der Waals surface area contributed by atoms with Crippen LogP contribution in [0, 0.1) is 6.92 Å². The van der Waals surface area contributed by atoms with Crippen molar-refractivity contribution in [2.24, 2.45) is 0 Å². The van der Waals surface area contributed by atoms with E-state index in [0.717, 1.165) is 37.2 Å². The molecule has 0 radical (unpaired) electrons. The second-order valence-corrected chi connectivity index (χ2v) is 6.03. The Morgan fingerprint density at radius 3 is 2.57 bits per heavy atom. The number of amides is 1. The van der Waals surface area contributed by atoms with Gasteiger partial charge in [-0.2, -0.15) is 0 Å². The molecule has 1 amide bonds. The van der Waals surface area contributed by atoms with Gasteiger partial charge in [0.05, 0.1) is 0 Å². The van der Waals surface area contributed by atoms with Gasteiger partial charge in [-0.15, -0.1) is 0 Å². The van der Waals surface area contributed by atoms with Crippen LogP contribution < -0.4 is 4.74 Å². The fourth-order valence-corrected chi connectivity index (χ4v) is 2.87. The minimum absolute atomic E-state index is 0.00552. The Bertz CT molecular complexity index is 654. The minimum Gasteiger partial charge on any atom is -0.485 e. The molecule has 1 aromatic heterocycles. The Morgan fingerprint density at radius 2 is 1.83 bits per heavy atom. The molecule has 1 saturated heterocycles. The molecule has 0 atom stereocenters. The number of rotatable bonds is 4. The molecule has 1 aliphatic heterocycles. The number of furan rings is 1. The lowest BCUT2D eigenvalue weighted by atomic mass is 10.2. The predicted octanol–water partition coefficient (Wildman–Crippen LogP) is 4.18. The number of hydrogen-bond acceptors (Lipinski definition) is 3. The van der Waals surface area contributed by atoms with Crippen LogP contribution in [0.15, 0.2) is 40.8 Å². The number of likely N-dealkylation sites (tertiary alicyclic amines) is 1. The monoisotopic (exact) mass is 313 g/mol. The van der Waals surface area contributed by atoms with Crippen molar-refractivity contribution in [3.05, 3.63) is 53.5 Å². The minimum atomic E-state index is -0.00552. The highest BCUT2D eigenvalue weighted by Crippen LogP contribution is 2.20. The Hall–Kier alpha value is -2.23. The Balaban J connectivity index is 1.61. The summed E-state index contributed by atoms with van der Waals surface area (Å²) in [4.78, 5) is 14.4. The molecular formula is C19H23NO3. The zero-order valence-electron chi connectivity index (χ0n) is 13.6. The molecule has 2 heterocycles. The number of carbonyl (C=O) groups excluding carboxylic acids is 1. The van der Waals surface area contributed by atoms with E-state index in [1.54, 1.807) is 6.07 Å². The van der Waals surface area contributed by atoms with E-state index >= 15 is 0 Å². The Labute approximate surface area is 137 Å². The van der Waals surface area contributed by atoms with Crippen molar-refractivity contribution in [1.82, 2.24) is 4.90 Å². The molecule has 0 aliphatic carbocycles. The first-order chi connectivity index (χ1) is 11.2. The molecule has 4 nitrogen and oxygen atoms in total. The topological polar surface area (TPSA) is 42.7 Å². The lowest BCUT2D eigenvalue weighted by molar-refractivity contribution is 0.0725. The molecule has 4 heteroatoms. The van der Waals surface area contributed by atoms with E-state index in [1.165, 1.54) is 12.8 Å². The fourth-order valence-electron chi connectivity index (χ4n) is 2.87. The summed E-state index contributed by atoms with van der Waals surface area (Å²) >= 11 is 0. The maximum absolute atomic E-state index is 12.5. The lowest BCUT2D eigenvalue weighted by Crippen LogP contribution is -2.31. The highest BCUT2D eigenvalue weighted by atomic mass is 16.5. The maximum Gasteiger partial charge on any atom is 0.289 e. The molecule has 0 bridgehead atoms. The Morgan fingerprint density at radius 1 is 1.09 bits per heavy atom. The molecule has 1 aliphatic rings. The molecule has 23 heavy (non-hydrogen) atoms. The van der Waals surface area contributed by atoms with E-state index in [9.17, 15) is 4.79 Å². The summed E-state index contributed by atoms with van der Waals surface area (Å²) in [5.74, 6) is 1.92. The summed E-state index contributed by atoms with van der Waals surface area (Å²) in [5, 5.41) is 0. The lowest BCUT2D eigenvalue weighted by Gasteiger charge is -2.18. The van der Waals surface area contributed by atoms with E-state index < -0.39 is 0 Å². The van der Waals surface area contributed by atoms with Gasteiger partial charge in [-0.25, -0.2) is 0 Å². The van der Waals surface area contributed by atoms with Gasteiger partial charge in [-0.1, -0.05) is 31.0 Å². The average Bonchev–Trinajstić information content (AvgIpc) is 2.87. The summed E-state index contributed by atoms with van der Waals surface area (Å²) in [6.45, 7) is 3.99. The number of aryl methyl sites for hydroxylation is 1. The highest BCUT2D eigenvalue weighted by Gasteiger charge is 2.20. The van der Waals surface area contributed by atoms with Crippen LogP contribution in [-0.2, 0) is 6.61 Å². The van der Waals surface area contributed by atoms with Crippen molar-refractivity contribution >= 4 is 5.91 Å². The third-order valence-electron chi connectivity index (χ3n) is 4.23. The number of para-hydroxylation sites is 1. The van der Waals surface area contributed by atoms with Gasteiger partial charge < -0.3 is 14.1 Å². The van der Waals surface area contributed by atoms with Gasteiger partial charge in [0.15, 0.2) is 5.76 Å². The number of nitrogens with zero attached hydrogens (tertiary/aromatic N) is 1. The van der Waals surface area contributed by atoms with Crippen molar-refractivity contribution in [3.63, 3.8) is 0 Å². The number of carbonyl (C=O) groups is 1. The molecule has 2 aromatic rings. The van der Waals surface area contributed by atoms with Crippen LogP contribution in [0.3, 0.4) is 0 Å². The maximum atomic E-state index is 12.5. The van der Waals surface area contributed by atoms with Crippen molar-refractivity contribution in [2.75, 3.05) is 13.1 Å². The van der Waals surface area contributed by atoms with Crippen molar-refractivity contribution < 1.29 is 13.9 Å². The molecular weight excluding hydrogens is 290 g/mol. The second kappa shape index (κ2) is 7.36. The van der Waals surface area contributed by atoms with Crippen molar-refractivity contribution in [1.29, 1.82) is 0 Å². The van der Waals surface area contributed by atoms with Crippen LogP contribution in [0.1, 0.15) is 47.6 Å². The van der Waals surface area contributed by atoms with Crippen LogP contribution in [0.5, 0.6) is 5.75 Å². The fraction of sp³-hybridized carbons (Fsp3) is 0.421. The molecule has 122 valence electrons. The van der Waals surface area contributed by atoms with Gasteiger partial charge in [-0.05, 0) is 43.5 Å². The van der Waals surface area contributed by atoms with Gasteiger partial charge in [0, 0.05) is 13.1 Å². The SMILES string of the molecule is Cc1ccccc1OCc1ccc(C(=O)N2CCCCCC2)o1. The van der Waals surface area contributed by atoms with E-state index in [-0.39, 0.29) is 5.91 Å². The van der Waals surface area contributed by atoms with Gasteiger partial charge >= 0.3 is 0 Å². The number of hydrogen-bond donors (Lipinski definition) is 0. The van der Waals surface area contributed by atoms with E-state index in [1.807, 2.05) is 42.2 Å². The molecule has 3 rings (SSSR count). The smallest absolute Gasteiger partial charge is 0.289 e. The third kappa shape index (κ3) is 3.95. The third-order valence-corrected chi connectivity index (χ3v) is 4.23. The standard InChI is InChI=1S/C19H23NO3/c1-15-8-4-5-9-17(15)22-14-16-10-11-18(23-16)19(21)20-12-6-2-3-7-13-20/h4-5,8-11H,2-3,6-7,12-14H2,1H3. The van der Waals surface area contributed by atoms with E-state index in [2.05, 4.69) is 0 Å². The zero-order chi connectivity index (χ0) is 16.1. The average molecular weight is 313 g/mol. The molecule has 1 fully saturated rings. The molecule has 0 spiro atoms. The molecule has 0 unspecified atom stereocenters. The summed E-state index contributed by atoms with van der Waals surface area (Å²) in [6.07, 6.45) is 4.57. The normalized spacial score (nSPS) is 15.3. The molecule has 0 saturated carbocycles. The number of benzene rings is 1. The van der Waals surface area contributed by atoms with Crippen LogP contribution in [0.4, 0.5) is 0 Å². The van der Waals surface area contributed by atoms with Gasteiger partial charge in [0.2, 0.25) is 0 Å². The highest BCUT2D eigenvalue weighted by molar-refractivity contribution is 5.91. The number of ether oxygens (including phenoxy) is 1. The van der Waals surface area contributed by atoms with Crippen molar-refractivity contribution in [3.8, 4) is 5.75 Å².